The largest absolute Gasteiger partial charge is 0.472 e. The van der Waals surface area contributed by atoms with Gasteiger partial charge in [-0.3, -0.25) is 9.88 Å². The van der Waals surface area contributed by atoms with Gasteiger partial charge in [0.05, 0.1) is 25.6 Å². The van der Waals surface area contributed by atoms with E-state index in [0.717, 1.165) is 57.3 Å². The Hall–Kier alpha value is -2.67. The topological polar surface area (TPSA) is 50.7 Å². The first kappa shape index (κ1) is 20.2. The van der Waals surface area contributed by atoms with Crippen LogP contribution in [-0.2, 0) is 31.1 Å². The van der Waals surface area contributed by atoms with Crippen molar-refractivity contribution >= 4 is 17.4 Å². The Morgan fingerprint density at radius 2 is 1.81 bits per heavy atom. The van der Waals surface area contributed by atoms with Crippen LogP contribution in [0.25, 0.3) is 0 Å². The predicted octanol–water partition coefficient (Wildman–Crippen LogP) is 4.06. The SMILES string of the molecule is Clc1cccc(COc2cncc(N3CCN(Cc4ccc5c(c4)COC5)CC3)n2)c1. The smallest absolute Gasteiger partial charge is 0.234 e. The molecule has 3 aromatic rings. The minimum atomic E-state index is 0.415. The lowest BCUT2D eigenvalue weighted by Gasteiger charge is -2.35. The first-order valence-corrected chi connectivity index (χ1v) is 11.0. The Bertz CT molecular complexity index is 1050. The zero-order valence-corrected chi connectivity index (χ0v) is 18.1. The molecule has 6 nitrogen and oxygen atoms in total. The van der Waals surface area contributed by atoms with Gasteiger partial charge < -0.3 is 14.4 Å². The van der Waals surface area contributed by atoms with Crippen molar-refractivity contribution in [2.45, 2.75) is 26.4 Å². The number of rotatable bonds is 6. The van der Waals surface area contributed by atoms with Gasteiger partial charge in [-0.15, -0.1) is 0 Å². The van der Waals surface area contributed by atoms with E-state index in [-0.39, 0.29) is 0 Å². The molecular weight excluding hydrogens is 412 g/mol. The molecule has 7 heteroatoms. The van der Waals surface area contributed by atoms with Crippen LogP contribution < -0.4 is 9.64 Å². The molecule has 2 aromatic carbocycles. The molecule has 0 radical (unpaired) electrons. The van der Waals surface area contributed by atoms with Crippen molar-refractivity contribution in [2.24, 2.45) is 0 Å². The number of hydrogen-bond acceptors (Lipinski definition) is 6. The first-order chi connectivity index (χ1) is 15.2. The van der Waals surface area contributed by atoms with Gasteiger partial charge in [0.1, 0.15) is 6.61 Å². The third-order valence-corrected chi connectivity index (χ3v) is 6.00. The van der Waals surface area contributed by atoms with Gasteiger partial charge in [-0.1, -0.05) is 41.9 Å². The fraction of sp³-hybridized carbons (Fsp3) is 0.333. The number of benzene rings is 2. The van der Waals surface area contributed by atoms with E-state index in [4.69, 9.17) is 21.1 Å². The molecule has 1 fully saturated rings. The Labute approximate surface area is 187 Å². The van der Waals surface area contributed by atoms with Crippen LogP contribution in [0.2, 0.25) is 5.02 Å². The number of halogens is 1. The van der Waals surface area contributed by atoms with Gasteiger partial charge in [-0.25, -0.2) is 0 Å². The molecule has 2 aliphatic rings. The average Bonchev–Trinajstić information content (AvgIpc) is 3.26. The van der Waals surface area contributed by atoms with Gasteiger partial charge in [0, 0.05) is 37.7 Å². The molecule has 0 atom stereocenters. The van der Waals surface area contributed by atoms with Crippen LogP contribution in [0.15, 0.2) is 54.9 Å². The number of piperazine rings is 1. The van der Waals surface area contributed by atoms with Crippen molar-refractivity contribution in [3.63, 3.8) is 0 Å². The summed E-state index contributed by atoms with van der Waals surface area (Å²) in [4.78, 5) is 13.7. The summed E-state index contributed by atoms with van der Waals surface area (Å²) in [5.74, 6) is 1.39. The monoisotopic (exact) mass is 436 g/mol. The molecule has 160 valence electrons. The molecule has 2 aliphatic heterocycles. The van der Waals surface area contributed by atoms with Gasteiger partial charge in [0.25, 0.3) is 0 Å². The van der Waals surface area contributed by atoms with Crippen LogP contribution in [0.5, 0.6) is 5.88 Å². The van der Waals surface area contributed by atoms with E-state index in [2.05, 4.69) is 38.0 Å². The van der Waals surface area contributed by atoms with Gasteiger partial charge >= 0.3 is 0 Å². The second-order valence-electron chi connectivity index (χ2n) is 7.99. The van der Waals surface area contributed by atoms with E-state index < -0.39 is 0 Å². The maximum Gasteiger partial charge on any atom is 0.234 e. The van der Waals surface area contributed by atoms with Crippen LogP contribution in [0, 0.1) is 0 Å². The summed E-state index contributed by atoms with van der Waals surface area (Å²) < 4.78 is 11.4. The van der Waals surface area contributed by atoms with Crippen molar-refractivity contribution in [3.8, 4) is 5.88 Å². The van der Waals surface area contributed by atoms with Crippen molar-refractivity contribution in [1.29, 1.82) is 0 Å². The molecule has 0 spiro atoms. The number of hydrogen-bond donors (Lipinski definition) is 0. The molecule has 0 aliphatic carbocycles. The first-order valence-electron chi connectivity index (χ1n) is 10.6. The second-order valence-corrected chi connectivity index (χ2v) is 8.43. The fourth-order valence-corrected chi connectivity index (χ4v) is 4.27. The van der Waals surface area contributed by atoms with Crippen LogP contribution in [0.4, 0.5) is 5.82 Å². The molecule has 0 N–H and O–H groups in total. The molecule has 31 heavy (non-hydrogen) atoms. The van der Waals surface area contributed by atoms with Gasteiger partial charge in [0.15, 0.2) is 5.82 Å². The molecular formula is C24H25ClN4O2. The third kappa shape index (κ3) is 4.98. The molecule has 1 aromatic heterocycles. The van der Waals surface area contributed by atoms with Crippen LogP contribution in [0.1, 0.15) is 22.3 Å². The minimum absolute atomic E-state index is 0.415. The molecule has 0 bridgehead atoms. The molecule has 0 unspecified atom stereocenters. The van der Waals surface area contributed by atoms with Crippen molar-refractivity contribution in [1.82, 2.24) is 14.9 Å². The maximum absolute atomic E-state index is 6.04. The highest BCUT2D eigenvalue weighted by Gasteiger charge is 2.20. The maximum atomic E-state index is 6.04. The van der Waals surface area contributed by atoms with Gasteiger partial charge in [-0.2, -0.15) is 4.98 Å². The third-order valence-electron chi connectivity index (χ3n) is 5.76. The van der Waals surface area contributed by atoms with Crippen LogP contribution >= 0.6 is 11.6 Å². The van der Waals surface area contributed by atoms with Gasteiger partial charge in [-0.05, 0) is 34.4 Å². The van der Waals surface area contributed by atoms with E-state index >= 15 is 0 Å². The molecule has 0 saturated carbocycles. The lowest BCUT2D eigenvalue weighted by molar-refractivity contribution is 0.134. The normalized spacial score (nSPS) is 16.4. The number of nitrogens with zero attached hydrogens (tertiary/aromatic N) is 4. The number of ether oxygens (including phenoxy) is 2. The summed E-state index contributed by atoms with van der Waals surface area (Å²) in [6.45, 7) is 6.68. The van der Waals surface area contributed by atoms with Crippen molar-refractivity contribution in [3.05, 3.63) is 82.1 Å². The predicted molar refractivity (Wildman–Crippen MR) is 120 cm³/mol. The highest BCUT2D eigenvalue weighted by atomic mass is 35.5. The summed E-state index contributed by atoms with van der Waals surface area (Å²) in [7, 11) is 0. The number of aromatic nitrogens is 2. The molecule has 1 saturated heterocycles. The van der Waals surface area contributed by atoms with E-state index in [9.17, 15) is 0 Å². The van der Waals surface area contributed by atoms with E-state index in [1.807, 2.05) is 30.5 Å². The highest BCUT2D eigenvalue weighted by molar-refractivity contribution is 6.30. The molecule has 0 amide bonds. The summed E-state index contributed by atoms with van der Waals surface area (Å²) in [5, 5.41) is 0.701. The summed E-state index contributed by atoms with van der Waals surface area (Å²) >= 11 is 6.04. The molecule has 3 heterocycles. The number of fused-ring (bicyclic) bond motifs is 1. The zero-order valence-electron chi connectivity index (χ0n) is 17.3. The van der Waals surface area contributed by atoms with Crippen molar-refractivity contribution < 1.29 is 9.47 Å². The van der Waals surface area contributed by atoms with Gasteiger partial charge in [0.2, 0.25) is 5.88 Å². The Kier molecular flexibility index (Phi) is 6.02. The van der Waals surface area contributed by atoms with E-state index in [1.165, 1.54) is 16.7 Å². The Balaban J connectivity index is 1.15. The summed E-state index contributed by atoms with van der Waals surface area (Å²) in [6, 6.07) is 14.4. The Morgan fingerprint density at radius 1 is 0.935 bits per heavy atom. The summed E-state index contributed by atoms with van der Waals surface area (Å²) in [6.07, 6.45) is 3.46. The van der Waals surface area contributed by atoms with E-state index in [1.54, 1.807) is 6.20 Å². The minimum Gasteiger partial charge on any atom is -0.472 e. The number of anilines is 1. The lowest BCUT2D eigenvalue weighted by Crippen LogP contribution is -2.46. The van der Waals surface area contributed by atoms with Crippen LogP contribution in [0.3, 0.4) is 0 Å². The lowest BCUT2D eigenvalue weighted by atomic mass is 10.1. The zero-order chi connectivity index (χ0) is 21.0. The quantitative estimate of drug-likeness (QED) is 0.580. The van der Waals surface area contributed by atoms with E-state index in [0.29, 0.717) is 17.5 Å². The average molecular weight is 437 g/mol. The molecule has 5 rings (SSSR count). The van der Waals surface area contributed by atoms with Crippen LogP contribution in [-0.4, -0.2) is 41.0 Å². The van der Waals surface area contributed by atoms with Crippen molar-refractivity contribution in [2.75, 3.05) is 31.1 Å². The second kappa shape index (κ2) is 9.22. The fourth-order valence-electron chi connectivity index (χ4n) is 4.06. The standard InChI is InChI=1S/C24H25ClN4O2/c25-22-3-1-2-19(11-22)15-31-24-13-26-12-23(27-24)29-8-6-28(7-9-29)14-18-4-5-20-16-30-17-21(20)10-18/h1-5,10-13H,6-9,14-17H2. The highest BCUT2D eigenvalue weighted by Crippen LogP contribution is 2.23. The Morgan fingerprint density at radius 3 is 2.68 bits per heavy atom. The summed E-state index contributed by atoms with van der Waals surface area (Å²) in [5.41, 5.74) is 5.02.